The predicted molar refractivity (Wildman–Crippen MR) is 47.3 cm³/mol. The molecule has 1 rings (SSSR count). The van der Waals surface area contributed by atoms with Gasteiger partial charge in [-0.05, 0) is 0 Å². The molecule has 0 N–H and O–H groups in total. The zero-order valence-electron chi connectivity index (χ0n) is 5.67. The quantitative estimate of drug-likeness (QED) is 0.499. The van der Waals surface area contributed by atoms with E-state index in [0.717, 1.165) is 9.13 Å². The maximum Gasteiger partial charge on any atom is 0.0648 e. The van der Waals surface area contributed by atoms with Crippen molar-refractivity contribution >= 4 is 22.6 Å². The van der Waals surface area contributed by atoms with Gasteiger partial charge in [-0.3, -0.25) is 0 Å². The van der Waals surface area contributed by atoms with Gasteiger partial charge in [0.15, 0.2) is 0 Å². The van der Waals surface area contributed by atoms with Crippen LogP contribution in [-0.4, -0.2) is 0 Å². The number of hydrogen-bond donors (Lipinski definition) is 0. The van der Waals surface area contributed by atoms with Gasteiger partial charge in [0, 0.05) is 27.5 Å². The van der Waals surface area contributed by atoms with Crippen LogP contribution in [0.5, 0.6) is 0 Å². The fourth-order valence-corrected chi connectivity index (χ4v) is 1.22. The molecule has 56 valence electrons. The van der Waals surface area contributed by atoms with Gasteiger partial charge in [-0.15, -0.1) is 28.2 Å². The summed E-state index contributed by atoms with van der Waals surface area (Å²) in [6, 6.07) is 10.7. The molecule has 0 amide bonds. The molecule has 0 heterocycles. The van der Waals surface area contributed by atoms with Crippen LogP contribution in [0.25, 0.3) is 0 Å². The third-order valence-electron chi connectivity index (χ3n) is 1.17. The molecule has 0 fully saturated rings. The van der Waals surface area contributed by atoms with Crippen molar-refractivity contribution in [2.45, 2.75) is 6.42 Å². The zero-order chi connectivity index (χ0) is 7.40. The number of nitriles is 1. The Bertz CT molecular complexity index is 267. The molecule has 11 heavy (non-hydrogen) atoms. The van der Waals surface area contributed by atoms with Crippen LogP contribution < -0.4 is 0 Å². The summed E-state index contributed by atoms with van der Waals surface area (Å²) in [5, 5.41) is 8.38. The third kappa shape index (κ3) is 3.35. The van der Waals surface area contributed by atoms with Gasteiger partial charge in [0.25, 0.3) is 0 Å². The summed E-state index contributed by atoms with van der Waals surface area (Å²) >= 11 is 2.20. The molecule has 0 aromatic heterocycles. The van der Waals surface area contributed by atoms with Crippen LogP contribution in [0.15, 0.2) is 18.2 Å². The Hall–Kier alpha value is 0.128. The SMILES string of the molecule is N#CCc1cc[c-]cc1I.[W]. The van der Waals surface area contributed by atoms with Crippen molar-refractivity contribution in [2.24, 2.45) is 0 Å². The second-order valence-corrected chi connectivity index (χ2v) is 3.01. The van der Waals surface area contributed by atoms with E-state index in [9.17, 15) is 0 Å². The summed E-state index contributed by atoms with van der Waals surface area (Å²) < 4.78 is 1.11. The number of hydrogen-bond acceptors (Lipinski definition) is 1. The van der Waals surface area contributed by atoms with Gasteiger partial charge in [-0.25, -0.2) is 0 Å². The van der Waals surface area contributed by atoms with E-state index in [4.69, 9.17) is 5.26 Å². The van der Waals surface area contributed by atoms with Gasteiger partial charge < -0.3 is 0 Å². The van der Waals surface area contributed by atoms with E-state index in [1.165, 1.54) is 0 Å². The number of rotatable bonds is 1. The minimum atomic E-state index is 0. The number of benzene rings is 1. The summed E-state index contributed by atoms with van der Waals surface area (Å²) in [7, 11) is 0. The van der Waals surface area contributed by atoms with Crippen LogP contribution in [0.1, 0.15) is 5.56 Å². The predicted octanol–water partition coefficient (Wildman–Crippen LogP) is 2.15. The van der Waals surface area contributed by atoms with Crippen LogP contribution in [0, 0.1) is 21.0 Å². The molecule has 0 aliphatic heterocycles. The molecule has 0 spiro atoms. The first kappa shape index (κ1) is 11.1. The minimum Gasteiger partial charge on any atom is -0.198 e. The van der Waals surface area contributed by atoms with Gasteiger partial charge in [-0.1, -0.05) is 3.57 Å². The second-order valence-electron chi connectivity index (χ2n) is 1.85. The molecule has 1 aromatic rings. The summed E-state index contributed by atoms with van der Waals surface area (Å²) in [6.07, 6.45) is 0.493. The minimum absolute atomic E-state index is 0. The molecule has 1 nitrogen and oxygen atoms in total. The first-order valence-electron chi connectivity index (χ1n) is 2.86. The van der Waals surface area contributed by atoms with Crippen molar-refractivity contribution in [3.05, 3.63) is 33.4 Å². The van der Waals surface area contributed by atoms with Crippen LogP contribution in [0.4, 0.5) is 0 Å². The average molecular weight is 426 g/mol. The summed E-state index contributed by atoms with van der Waals surface area (Å²) in [5.41, 5.74) is 1.09. The van der Waals surface area contributed by atoms with Crippen molar-refractivity contribution in [1.29, 1.82) is 5.26 Å². The number of halogens is 1. The summed E-state index contributed by atoms with van der Waals surface area (Å²) in [4.78, 5) is 0. The molecule has 3 heteroatoms. The van der Waals surface area contributed by atoms with E-state index >= 15 is 0 Å². The molecular formula is C8H5INW-. The molecule has 0 saturated carbocycles. The van der Waals surface area contributed by atoms with Crippen molar-refractivity contribution < 1.29 is 21.1 Å². The first-order chi connectivity index (χ1) is 4.84. The Labute approximate surface area is 94.2 Å². The molecule has 0 radical (unpaired) electrons. The molecule has 0 atom stereocenters. The Kier molecular flexibility index (Phi) is 5.80. The first-order valence-corrected chi connectivity index (χ1v) is 3.94. The zero-order valence-corrected chi connectivity index (χ0v) is 10.8. The maximum absolute atomic E-state index is 8.38. The van der Waals surface area contributed by atoms with Crippen molar-refractivity contribution in [3.8, 4) is 6.07 Å². The average Bonchev–Trinajstić information content (AvgIpc) is 1.94. The molecule has 1 aromatic carbocycles. The standard InChI is InChI=1S/C8H5IN.W/c9-8-4-2-1-3-7(8)5-6-10;/h1,3-4H,5H2;/q-1;. The molecule has 0 aliphatic rings. The smallest absolute Gasteiger partial charge is 0.0648 e. The Morgan fingerprint density at radius 1 is 1.64 bits per heavy atom. The van der Waals surface area contributed by atoms with Crippen LogP contribution in [0.3, 0.4) is 0 Å². The van der Waals surface area contributed by atoms with Crippen LogP contribution in [-0.2, 0) is 27.5 Å². The Morgan fingerprint density at radius 2 is 2.36 bits per heavy atom. The monoisotopic (exact) mass is 426 g/mol. The second kappa shape index (κ2) is 5.74. The van der Waals surface area contributed by atoms with E-state index in [1.54, 1.807) is 0 Å². The third-order valence-corrected chi connectivity index (χ3v) is 2.17. The Balaban J connectivity index is 0.000001000. The van der Waals surface area contributed by atoms with E-state index < -0.39 is 0 Å². The fraction of sp³-hybridized carbons (Fsp3) is 0.125. The molecule has 0 saturated heterocycles. The van der Waals surface area contributed by atoms with Gasteiger partial charge in [0.1, 0.15) is 0 Å². The molecule has 0 aliphatic carbocycles. The van der Waals surface area contributed by atoms with E-state index in [0.29, 0.717) is 6.42 Å². The van der Waals surface area contributed by atoms with Gasteiger partial charge >= 0.3 is 0 Å². The van der Waals surface area contributed by atoms with E-state index in [2.05, 4.69) is 34.7 Å². The molecule has 0 bridgehead atoms. The van der Waals surface area contributed by atoms with Crippen LogP contribution in [0.2, 0.25) is 0 Å². The van der Waals surface area contributed by atoms with Gasteiger partial charge in [-0.2, -0.15) is 29.5 Å². The molecule has 0 unspecified atom stereocenters. The van der Waals surface area contributed by atoms with Crippen molar-refractivity contribution in [3.63, 3.8) is 0 Å². The Morgan fingerprint density at radius 3 is 2.91 bits per heavy atom. The van der Waals surface area contributed by atoms with E-state index in [1.807, 2.05) is 18.2 Å². The summed E-state index contributed by atoms with van der Waals surface area (Å²) in [5.74, 6) is 0. The largest absolute Gasteiger partial charge is 0.198 e. The van der Waals surface area contributed by atoms with E-state index in [-0.39, 0.29) is 21.1 Å². The molecular weight excluding hydrogens is 421 g/mol. The van der Waals surface area contributed by atoms with Crippen LogP contribution >= 0.6 is 22.6 Å². The van der Waals surface area contributed by atoms with Gasteiger partial charge in [0.2, 0.25) is 0 Å². The fourth-order valence-electron chi connectivity index (χ4n) is 0.671. The normalized spacial score (nSPS) is 8.00. The van der Waals surface area contributed by atoms with Crippen molar-refractivity contribution in [2.75, 3.05) is 0 Å². The number of nitrogens with zero attached hydrogens (tertiary/aromatic N) is 1. The van der Waals surface area contributed by atoms with Crippen molar-refractivity contribution in [1.82, 2.24) is 0 Å². The topological polar surface area (TPSA) is 23.8 Å². The van der Waals surface area contributed by atoms with Gasteiger partial charge in [0.05, 0.1) is 6.07 Å². The summed E-state index contributed by atoms with van der Waals surface area (Å²) in [6.45, 7) is 0. The maximum atomic E-state index is 8.38.